The van der Waals surface area contributed by atoms with Crippen molar-refractivity contribution in [3.8, 4) is 11.5 Å². The van der Waals surface area contributed by atoms with Crippen LogP contribution in [0.3, 0.4) is 0 Å². The Balaban J connectivity index is 1.79. The van der Waals surface area contributed by atoms with Crippen LogP contribution in [0.4, 0.5) is 0 Å². The second kappa shape index (κ2) is 6.65. The molecule has 0 atom stereocenters. The molecule has 3 rings (SSSR count). The summed E-state index contributed by atoms with van der Waals surface area (Å²) in [5.41, 5.74) is 4.32. The van der Waals surface area contributed by atoms with Gasteiger partial charge in [0.05, 0.1) is 5.69 Å². The molecule has 0 fully saturated rings. The number of nitrogens with zero attached hydrogens (tertiary/aromatic N) is 2. The van der Waals surface area contributed by atoms with Gasteiger partial charge in [-0.2, -0.15) is 0 Å². The lowest BCUT2D eigenvalue weighted by Gasteiger charge is -2.02. The normalized spacial score (nSPS) is 11.0. The first-order valence-electron chi connectivity index (χ1n) is 7.67. The lowest BCUT2D eigenvalue weighted by atomic mass is 10.1. The first-order chi connectivity index (χ1) is 11.4. The van der Waals surface area contributed by atoms with Gasteiger partial charge in [-0.25, -0.2) is 9.97 Å². The van der Waals surface area contributed by atoms with Crippen molar-refractivity contribution in [1.29, 1.82) is 0 Å². The Morgan fingerprint density at radius 2 is 1.79 bits per heavy atom. The number of hydrogen-bond donors (Lipinski definition) is 1. The van der Waals surface area contributed by atoms with E-state index in [1.807, 2.05) is 45.0 Å². The SMILES string of the molecule is Cc1ccc(-c2nc(CSc3nc(C)c(C)c(=O)[nH]3)c(C)o2)cc1. The van der Waals surface area contributed by atoms with Crippen molar-refractivity contribution in [3.63, 3.8) is 0 Å². The van der Waals surface area contributed by atoms with Gasteiger partial charge in [-0.1, -0.05) is 29.5 Å². The van der Waals surface area contributed by atoms with Crippen molar-refractivity contribution < 1.29 is 4.42 Å². The van der Waals surface area contributed by atoms with Crippen LogP contribution in [0.25, 0.3) is 11.5 Å². The van der Waals surface area contributed by atoms with Crippen LogP contribution in [0.2, 0.25) is 0 Å². The van der Waals surface area contributed by atoms with E-state index in [2.05, 4.69) is 15.0 Å². The molecule has 2 heterocycles. The molecule has 0 bridgehead atoms. The van der Waals surface area contributed by atoms with Crippen LogP contribution >= 0.6 is 11.8 Å². The summed E-state index contributed by atoms with van der Waals surface area (Å²) in [4.78, 5) is 23.6. The third-order valence-electron chi connectivity index (χ3n) is 3.91. The summed E-state index contributed by atoms with van der Waals surface area (Å²) in [6.07, 6.45) is 0. The fourth-order valence-corrected chi connectivity index (χ4v) is 3.11. The van der Waals surface area contributed by atoms with E-state index in [4.69, 9.17) is 4.42 Å². The summed E-state index contributed by atoms with van der Waals surface area (Å²) >= 11 is 1.45. The third kappa shape index (κ3) is 3.43. The number of aromatic nitrogens is 3. The molecule has 0 spiro atoms. The van der Waals surface area contributed by atoms with Gasteiger partial charge < -0.3 is 9.40 Å². The number of aromatic amines is 1. The summed E-state index contributed by atoms with van der Waals surface area (Å²) in [7, 11) is 0. The van der Waals surface area contributed by atoms with Crippen LogP contribution in [-0.2, 0) is 5.75 Å². The maximum Gasteiger partial charge on any atom is 0.254 e. The Bertz CT molecular complexity index is 926. The lowest BCUT2D eigenvalue weighted by molar-refractivity contribution is 0.540. The third-order valence-corrected chi connectivity index (χ3v) is 4.79. The van der Waals surface area contributed by atoms with E-state index >= 15 is 0 Å². The average Bonchev–Trinajstić information content (AvgIpc) is 2.92. The summed E-state index contributed by atoms with van der Waals surface area (Å²) < 4.78 is 5.78. The van der Waals surface area contributed by atoms with Crippen LogP contribution in [0.5, 0.6) is 0 Å². The molecule has 6 heteroatoms. The Kier molecular flexibility index (Phi) is 4.57. The fraction of sp³-hybridized carbons (Fsp3) is 0.278. The standard InChI is InChI=1S/C18H19N3O2S/c1-10-5-7-14(8-6-10)17-20-15(13(4)23-17)9-24-18-19-12(3)11(2)16(22)21-18/h5-8H,9H2,1-4H3,(H,19,21,22). The summed E-state index contributed by atoms with van der Waals surface area (Å²) in [5.74, 6) is 1.99. The van der Waals surface area contributed by atoms with E-state index in [1.54, 1.807) is 6.92 Å². The molecule has 0 amide bonds. The van der Waals surface area contributed by atoms with Gasteiger partial charge in [-0.3, -0.25) is 4.79 Å². The number of thioether (sulfide) groups is 1. The highest BCUT2D eigenvalue weighted by atomic mass is 32.2. The van der Waals surface area contributed by atoms with Gasteiger partial charge in [0.15, 0.2) is 5.16 Å². The largest absolute Gasteiger partial charge is 0.441 e. The highest BCUT2D eigenvalue weighted by Crippen LogP contribution is 2.26. The molecule has 3 aromatic rings. The molecule has 0 aliphatic heterocycles. The molecule has 0 aliphatic rings. The van der Waals surface area contributed by atoms with E-state index in [-0.39, 0.29) is 5.56 Å². The molecule has 1 aromatic carbocycles. The summed E-state index contributed by atoms with van der Waals surface area (Å²) in [5, 5.41) is 0.599. The fourth-order valence-electron chi connectivity index (χ4n) is 2.21. The van der Waals surface area contributed by atoms with Gasteiger partial charge in [-0.15, -0.1) is 0 Å². The van der Waals surface area contributed by atoms with Crippen molar-refractivity contribution in [2.75, 3.05) is 0 Å². The number of aryl methyl sites for hydroxylation is 3. The van der Waals surface area contributed by atoms with E-state index < -0.39 is 0 Å². The highest BCUT2D eigenvalue weighted by Gasteiger charge is 2.13. The molecule has 5 nitrogen and oxygen atoms in total. The van der Waals surface area contributed by atoms with Crippen molar-refractivity contribution in [1.82, 2.24) is 15.0 Å². The quantitative estimate of drug-likeness (QED) is 0.574. The molecule has 2 aromatic heterocycles. The second-order valence-electron chi connectivity index (χ2n) is 5.76. The smallest absolute Gasteiger partial charge is 0.254 e. The number of benzene rings is 1. The van der Waals surface area contributed by atoms with E-state index in [1.165, 1.54) is 17.3 Å². The van der Waals surface area contributed by atoms with Crippen molar-refractivity contribution in [2.24, 2.45) is 0 Å². The zero-order valence-corrected chi connectivity index (χ0v) is 15.0. The van der Waals surface area contributed by atoms with E-state index in [0.29, 0.717) is 22.4 Å². The average molecular weight is 341 g/mol. The lowest BCUT2D eigenvalue weighted by Crippen LogP contribution is -2.14. The van der Waals surface area contributed by atoms with Crippen molar-refractivity contribution in [2.45, 2.75) is 38.6 Å². The van der Waals surface area contributed by atoms with E-state index in [9.17, 15) is 4.79 Å². The van der Waals surface area contributed by atoms with Crippen molar-refractivity contribution in [3.05, 3.63) is 62.9 Å². The number of nitrogens with one attached hydrogen (secondary N) is 1. The van der Waals surface area contributed by atoms with Gasteiger partial charge in [0.25, 0.3) is 5.56 Å². The minimum atomic E-state index is -0.0952. The second-order valence-corrected chi connectivity index (χ2v) is 6.72. The first-order valence-corrected chi connectivity index (χ1v) is 8.66. The monoisotopic (exact) mass is 341 g/mol. The van der Waals surface area contributed by atoms with Crippen LogP contribution < -0.4 is 5.56 Å². The predicted molar refractivity (Wildman–Crippen MR) is 95.3 cm³/mol. The molecule has 124 valence electrons. The minimum Gasteiger partial charge on any atom is -0.441 e. The van der Waals surface area contributed by atoms with Gasteiger partial charge in [0, 0.05) is 22.6 Å². The first kappa shape index (κ1) is 16.5. The van der Waals surface area contributed by atoms with Gasteiger partial charge in [0.1, 0.15) is 5.76 Å². The van der Waals surface area contributed by atoms with Crippen LogP contribution in [0.15, 0.2) is 38.6 Å². The Labute approximate surface area is 144 Å². The Morgan fingerprint density at radius 3 is 2.46 bits per heavy atom. The summed E-state index contributed by atoms with van der Waals surface area (Å²) in [6, 6.07) is 8.07. The molecule has 1 N–H and O–H groups in total. The van der Waals surface area contributed by atoms with Crippen LogP contribution in [0, 0.1) is 27.7 Å². The van der Waals surface area contributed by atoms with Gasteiger partial charge in [0.2, 0.25) is 5.89 Å². The number of oxazole rings is 1. The predicted octanol–water partition coefficient (Wildman–Crippen LogP) is 3.95. The zero-order valence-electron chi connectivity index (χ0n) is 14.1. The summed E-state index contributed by atoms with van der Waals surface area (Å²) in [6.45, 7) is 7.55. The van der Waals surface area contributed by atoms with Gasteiger partial charge in [-0.05, 0) is 39.8 Å². The molecule has 0 radical (unpaired) electrons. The van der Waals surface area contributed by atoms with Crippen LogP contribution in [0.1, 0.15) is 28.3 Å². The zero-order chi connectivity index (χ0) is 17.3. The van der Waals surface area contributed by atoms with E-state index in [0.717, 1.165) is 22.7 Å². The van der Waals surface area contributed by atoms with Crippen LogP contribution in [-0.4, -0.2) is 15.0 Å². The topological polar surface area (TPSA) is 71.8 Å². The molecule has 24 heavy (non-hydrogen) atoms. The minimum absolute atomic E-state index is 0.0952. The maximum absolute atomic E-state index is 11.8. The maximum atomic E-state index is 11.8. The van der Waals surface area contributed by atoms with Crippen molar-refractivity contribution >= 4 is 11.8 Å². The molecule has 0 aliphatic carbocycles. The number of hydrogen-bond acceptors (Lipinski definition) is 5. The molecule has 0 saturated carbocycles. The Hall–Kier alpha value is -2.34. The molecule has 0 unspecified atom stereocenters. The molecular weight excluding hydrogens is 322 g/mol. The molecular formula is C18H19N3O2S. The molecule has 0 saturated heterocycles. The number of H-pyrrole nitrogens is 1. The Morgan fingerprint density at radius 1 is 1.08 bits per heavy atom. The highest BCUT2D eigenvalue weighted by molar-refractivity contribution is 7.98. The number of rotatable bonds is 4. The van der Waals surface area contributed by atoms with Gasteiger partial charge >= 0.3 is 0 Å².